The van der Waals surface area contributed by atoms with Gasteiger partial charge in [-0.15, -0.1) is 0 Å². The topological polar surface area (TPSA) is 17.4 Å². The van der Waals surface area contributed by atoms with Crippen molar-refractivity contribution < 1.29 is 4.74 Å². The minimum atomic E-state index is 0.0345. The average molecular weight is 332 g/mol. The van der Waals surface area contributed by atoms with Gasteiger partial charge in [0.15, 0.2) is 0 Å². The number of aromatic nitrogens is 1. The molecule has 0 saturated carbocycles. The Balaban J connectivity index is 1.53. The molecule has 0 N–H and O–H groups in total. The van der Waals surface area contributed by atoms with Crippen LogP contribution in [0.4, 0.5) is 0 Å². The number of ether oxygens (including phenoxy) is 1. The van der Waals surface area contributed by atoms with Gasteiger partial charge in [0.25, 0.3) is 0 Å². The normalized spacial score (nSPS) is 17.9. The SMILES string of the molecule is Cc1ccc(-n2ccc([C@@H]3OCCN3Cc3cccc(C)c3)c2)cc1. The molecule has 0 amide bonds. The number of hydrogen-bond acceptors (Lipinski definition) is 2. The van der Waals surface area contributed by atoms with Gasteiger partial charge < -0.3 is 9.30 Å². The minimum absolute atomic E-state index is 0.0345. The van der Waals surface area contributed by atoms with Crippen LogP contribution in [0.5, 0.6) is 0 Å². The zero-order valence-corrected chi connectivity index (χ0v) is 14.9. The molecule has 25 heavy (non-hydrogen) atoms. The van der Waals surface area contributed by atoms with Gasteiger partial charge in [0.05, 0.1) is 6.61 Å². The Morgan fingerprint density at radius 2 is 1.84 bits per heavy atom. The quantitative estimate of drug-likeness (QED) is 0.693. The molecule has 0 unspecified atom stereocenters. The maximum atomic E-state index is 6.03. The lowest BCUT2D eigenvalue weighted by Crippen LogP contribution is -2.23. The van der Waals surface area contributed by atoms with Gasteiger partial charge in [-0.05, 0) is 37.6 Å². The van der Waals surface area contributed by atoms with Crippen LogP contribution in [-0.2, 0) is 11.3 Å². The highest BCUT2D eigenvalue weighted by molar-refractivity contribution is 5.36. The molecule has 4 rings (SSSR count). The van der Waals surface area contributed by atoms with E-state index in [1.807, 2.05) is 0 Å². The summed E-state index contributed by atoms with van der Waals surface area (Å²) in [6.45, 7) is 6.92. The summed E-state index contributed by atoms with van der Waals surface area (Å²) in [4.78, 5) is 2.41. The Morgan fingerprint density at radius 1 is 1.00 bits per heavy atom. The fourth-order valence-corrected chi connectivity index (χ4v) is 3.45. The third kappa shape index (κ3) is 3.53. The summed E-state index contributed by atoms with van der Waals surface area (Å²) in [5.41, 5.74) is 6.32. The zero-order chi connectivity index (χ0) is 17.2. The molecular formula is C22H24N2O. The van der Waals surface area contributed by atoms with E-state index in [1.54, 1.807) is 0 Å². The van der Waals surface area contributed by atoms with Crippen molar-refractivity contribution >= 4 is 0 Å². The van der Waals surface area contributed by atoms with Crippen molar-refractivity contribution in [1.29, 1.82) is 0 Å². The summed E-state index contributed by atoms with van der Waals surface area (Å²) in [5, 5.41) is 0. The lowest BCUT2D eigenvalue weighted by molar-refractivity contribution is 0.0288. The van der Waals surface area contributed by atoms with Crippen LogP contribution in [0.2, 0.25) is 0 Å². The first kappa shape index (κ1) is 16.1. The van der Waals surface area contributed by atoms with Gasteiger partial charge in [-0.2, -0.15) is 0 Å². The molecule has 1 saturated heterocycles. The third-order valence-electron chi connectivity index (χ3n) is 4.79. The highest BCUT2D eigenvalue weighted by Crippen LogP contribution is 2.29. The van der Waals surface area contributed by atoms with E-state index >= 15 is 0 Å². The van der Waals surface area contributed by atoms with E-state index in [2.05, 4.69) is 90.3 Å². The fraction of sp³-hybridized carbons (Fsp3) is 0.273. The molecule has 128 valence electrons. The minimum Gasteiger partial charge on any atom is -0.357 e. The van der Waals surface area contributed by atoms with Crippen LogP contribution in [0.25, 0.3) is 5.69 Å². The van der Waals surface area contributed by atoms with Crippen molar-refractivity contribution in [3.05, 3.63) is 89.2 Å². The molecule has 3 heteroatoms. The van der Waals surface area contributed by atoms with Crippen LogP contribution in [0.15, 0.2) is 67.0 Å². The number of benzene rings is 2. The van der Waals surface area contributed by atoms with Crippen molar-refractivity contribution in [3.8, 4) is 5.69 Å². The highest BCUT2D eigenvalue weighted by Gasteiger charge is 2.27. The second-order valence-corrected chi connectivity index (χ2v) is 6.87. The summed E-state index contributed by atoms with van der Waals surface area (Å²) in [6, 6.07) is 19.5. The Kier molecular flexibility index (Phi) is 4.43. The summed E-state index contributed by atoms with van der Waals surface area (Å²) in [5.74, 6) is 0. The number of nitrogens with zero attached hydrogens (tertiary/aromatic N) is 2. The van der Waals surface area contributed by atoms with Crippen LogP contribution < -0.4 is 0 Å². The molecule has 1 fully saturated rings. The molecule has 1 atom stereocenters. The summed E-state index contributed by atoms with van der Waals surface area (Å²) in [6.07, 6.45) is 4.34. The van der Waals surface area contributed by atoms with E-state index in [-0.39, 0.29) is 6.23 Å². The summed E-state index contributed by atoms with van der Waals surface area (Å²) in [7, 11) is 0. The smallest absolute Gasteiger partial charge is 0.138 e. The summed E-state index contributed by atoms with van der Waals surface area (Å²) < 4.78 is 8.20. The largest absolute Gasteiger partial charge is 0.357 e. The van der Waals surface area contributed by atoms with Crippen molar-refractivity contribution in [2.75, 3.05) is 13.2 Å². The predicted molar refractivity (Wildman–Crippen MR) is 101 cm³/mol. The van der Waals surface area contributed by atoms with Gasteiger partial charge in [0.2, 0.25) is 0 Å². The average Bonchev–Trinajstić information content (AvgIpc) is 3.25. The van der Waals surface area contributed by atoms with Gasteiger partial charge in [0.1, 0.15) is 6.23 Å². The molecule has 3 aromatic rings. The maximum absolute atomic E-state index is 6.03. The molecule has 1 aliphatic rings. The van der Waals surface area contributed by atoms with E-state index in [0.29, 0.717) is 0 Å². The number of aryl methyl sites for hydroxylation is 2. The molecule has 0 radical (unpaired) electrons. The predicted octanol–water partition coefficient (Wildman–Crippen LogP) is 4.63. The van der Waals surface area contributed by atoms with Crippen LogP contribution >= 0.6 is 0 Å². The van der Waals surface area contributed by atoms with Crippen LogP contribution in [-0.4, -0.2) is 22.6 Å². The monoisotopic (exact) mass is 332 g/mol. The van der Waals surface area contributed by atoms with E-state index in [1.165, 1.54) is 27.9 Å². The standard InChI is InChI=1S/C22H24N2O/c1-17-6-8-21(9-7-17)23-11-10-20(16-23)22-24(12-13-25-22)15-19-5-3-4-18(2)14-19/h3-11,14,16,22H,12-13,15H2,1-2H3/t22-/m0/s1. The highest BCUT2D eigenvalue weighted by atomic mass is 16.5. The van der Waals surface area contributed by atoms with E-state index in [0.717, 1.165) is 19.7 Å². The molecule has 2 heterocycles. The second-order valence-electron chi connectivity index (χ2n) is 6.87. The molecule has 1 aromatic heterocycles. The molecule has 0 bridgehead atoms. The van der Waals surface area contributed by atoms with Crippen molar-refractivity contribution in [2.24, 2.45) is 0 Å². The molecule has 0 spiro atoms. The Morgan fingerprint density at radius 3 is 2.64 bits per heavy atom. The lowest BCUT2D eigenvalue weighted by atomic mass is 10.1. The first-order valence-electron chi connectivity index (χ1n) is 8.85. The van der Waals surface area contributed by atoms with E-state index in [9.17, 15) is 0 Å². The van der Waals surface area contributed by atoms with Gasteiger partial charge in [-0.1, -0.05) is 47.5 Å². The van der Waals surface area contributed by atoms with Crippen LogP contribution in [0, 0.1) is 13.8 Å². The lowest BCUT2D eigenvalue weighted by Gasteiger charge is -2.22. The summed E-state index contributed by atoms with van der Waals surface area (Å²) >= 11 is 0. The van der Waals surface area contributed by atoms with Crippen molar-refractivity contribution in [2.45, 2.75) is 26.6 Å². The second kappa shape index (κ2) is 6.87. The van der Waals surface area contributed by atoms with Gasteiger partial charge in [-0.25, -0.2) is 0 Å². The molecule has 0 aliphatic carbocycles. The van der Waals surface area contributed by atoms with E-state index in [4.69, 9.17) is 4.74 Å². The van der Waals surface area contributed by atoms with Crippen molar-refractivity contribution in [1.82, 2.24) is 9.47 Å². The Hall–Kier alpha value is -2.36. The van der Waals surface area contributed by atoms with Crippen LogP contribution in [0.1, 0.15) is 28.5 Å². The first-order chi connectivity index (χ1) is 12.2. The van der Waals surface area contributed by atoms with E-state index < -0.39 is 0 Å². The maximum Gasteiger partial charge on any atom is 0.138 e. The zero-order valence-electron chi connectivity index (χ0n) is 14.9. The van der Waals surface area contributed by atoms with Gasteiger partial charge in [0, 0.05) is 36.7 Å². The fourth-order valence-electron chi connectivity index (χ4n) is 3.45. The Labute approximate surface area is 149 Å². The Bertz CT molecular complexity index is 850. The van der Waals surface area contributed by atoms with Gasteiger partial charge >= 0.3 is 0 Å². The van der Waals surface area contributed by atoms with Crippen molar-refractivity contribution in [3.63, 3.8) is 0 Å². The number of hydrogen-bond donors (Lipinski definition) is 0. The first-order valence-corrected chi connectivity index (χ1v) is 8.85. The van der Waals surface area contributed by atoms with Crippen LogP contribution in [0.3, 0.4) is 0 Å². The molecule has 3 nitrogen and oxygen atoms in total. The number of rotatable bonds is 4. The molecule has 2 aromatic carbocycles. The molecular weight excluding hydrogens is 308 g/mol. The third-order valence-corrected chi connectivity index (χ3v) is 4.79. The molecule has 1 aliphatic heterocycles. The van der Waals surface area contributed by atoms with Gasteiger partial charge in [-0.3, -0.25) is 4.90 Å².